The fourth-order valence-electron chi connectivity index (χ4n) is 2.38. The highest BCUT2D eigenvalue weighted by atomic mass is 19.4. The van der Waals surface area contributed by atoms with Crippen molar-refractivity contribution in [2.75, 3.05) is 0 Å². The molecule has 0 bridgehead atoms. The highest BCUT2D eigenvalue weighted by Crippen LogP contribution is 2.30. The van der Waals surface area contributed by atoms with Gasteiger partial charge < -0.3 is 0 Å². The van der Waals surface area contributed by atoms with Crippen LogP contribution < -0.4 is 0 Å². The van der Waals surface area contributed by atoms with Crippen molar-refractivity contribution in [3.05, 3.63) is 71.3 Å². The van der Waals surface area contributed by atoms with Gasteiger partial charge in [-0.2, -0.15) is 18.4 Å². The molecule has 0 aliphatic rings. The van der Waals surface area contributed by atoms with Crippen LogP contribution in [0.4, 0.5) is 13.2 Å². The minimum absolute atomic E-state index is 0.00179. The first-order chi connectivity index (χ1) is 10.9. The third-order valence-corrected chi connectivity index (χ3v) is 3.52. The molecule has 23 heavy (non-hydrogen) atoms. The van der Waals surface area contributed by atoms with Crippen molar-refractivity contribution in [2.45, 2.75) is 24.9 Å². The molecule has 0 aromatic heterocycles. The molecule has 2 aromatic carbocycles. The van der Waals surface area contributed by atoms with E-state index in [0.717, 1.165) is 12.1 Å². The van der Waals surface area contributed by atoms with E-state index in [1.165, 1.54) is 12.1 Å². The van der Waals surface area contributed by atoms with Crippen LogP contribution in [0, 0.1) is 11.3 Å². The van der Waals surface area contributed by atoms with Gasteiger partial charge in [0.05, 0.1) is 17.6 Å². The molecule has 0 radical (unpaired) electrons. The molecule has 0 aliphatic carbocycles. The molecule has 0 amide bonds. The van der Waals surface area contributed by atoms with Crippen LogP contribution in [0.5, 0.6) is 0 Å². The van der Waals surface area contributed by atoms with Crippen molar-refractivity contribution in [1.82, 2.24) is 0 Å². The number of rotatable bonds is 5. The fourth-order valence-corrected chi connectivity index (χ4v) is 2.38. The number of carbonyl (C=O) groups is 1. The van der Waals surface area contributed by atoms with Gasteiger partial charge in [-0.05, 0) is 17.2 Å². The fraction of sp³-hybridized carbons (Fsp3) is 0.222. The Balaban J connectivity index is 2.21. The van der Waals surface area contributed by atoms with Crippen molar-refractivity contribution in [1.29, 1.82) is 5.26 Å². The second-order valence-electron chi connectivity index (χ2n) is 5.17. The van der Waals surface area contributed by atoms with E-state index in [1.54, 1.807) is 30.3 Å². The van der Waals surface area contributed by atoms with E-state index < -0.39 is 17.7 Å². The van der Waals surface area contributed by atoms with Gasteiger partial charge in [0.1, 0.15) is 5.78 Å². The lowest BCUT2D eigenvalue weighted by atomic mass is 9.88. The number of nitriles is 1. The molecule has 0 saturated carbocycles. The molecule has 0 spiro atoms. The quantitative estimate of drug-likeness (QED) is 0.814. The molecule has 1 unspecified atom stereocenters. The average molecular weight is 317 g/mol. The number of hydrogen-bond acceptors (Lipinski definition) is 2. The van der Waals surface area contributed by atoms with E-state index in [9.17, 15) is 18.0 Å². The van der Waals surface area contributed by atoms with Gasteiger partial charge in [0.2, 0.25) is 0 Å². The zero-order valence-corrected chi connectivity index (χ0v) is 12.2. The van der Waals surface area contributed by atoms with Crippen LogP contribution in [0.15, 0.2) is 54.6 Å². The van der Waals surface area contributed by atoms with E-state index in [4.69, 9.17) is 5.26 Å². The van der Waals surface area contributed by atoms with E-state index in [0.29, 0.717) is 11.1 Å². The second-order valence-corrected chi connectivity index (χ2v) is 5.17. The van der Waals surface area contributed by atoms with Crippen LogP contribution in [0.2, 0.25) is 0 Å². The summed E-state index contributed by atoms with van der Waals surface area (Å²) < 4.78 is 38.2. The lowest BCUT2D eigenvalue weighted by molar-refractivity contribution is -0.137. The number of halogens is 3. The zero-order chi connectivity index (χ0) is 16.9. The number of carbonyl (C=O) groups excluding carboxylic acids is 1. The maximum absolute atomic E-state index is 12.7. The number of nitrogens with zero attached hydrogens (tertiary/aromatic N) is 1. The topological polar surface area (TPSA) is 40.9 Å². The molecule has 2 nitrogen and oxygen atoms in total. The summed E-state index contributed by atoms with van der Waals surface area (Å²) in [7, 11) is 0. The Kier molecular flexibility index (Phi) is 5.17. The Morgan fingerprint density at radius 1 is 1.09 bits per heavy atom. The first kappa shape index (κ1) is 16.8. The van der Waals surface area contributed by atoms with Crippen molar-refractivity contribution in [3.63, 3.8) is 0 Å². The molecule has 2 aromatic rings. The summed E-state index contributed by atoms with van der Waals surface area (Å²) in [5.41, 5.74) is 0.217. The summed E-state index contributed by atoms with van der Waals surface area (Å²) in [6.07, 6.45) is -4.57. The van der Waals surface area contributed by atoms with Gasteiger partial charge in [0.25, 0.3) is 0 Å². The van der Waals surface area contributed by atoms with E-state index in [2.05, 4.69) is 0 Å². The minimum Gasteiger partial charge on any atom is -0.299 e. The van der Waals surface area contributed by atoms with Crippen molar-refractivity contribution in [3.8, 4) is 6.07 Å². The van der Waals surface area contributed by atoms with Crippen LogP contribution in [0.1, 0.15) is 29.0 Å². The van der Waals surface area contributed by atoms with Crippen LogP contribution in [0.25, 0.3) is 0 Å². The monoisotopic (exact) mass is 317 g/mol. The smallest absolute Gasteiger partial charge is 0.299 e. The summed E-state index contributed by atoms with van der Waals surface area (Å²) >= 11 is 0. The van der Waals surface area contributed by atoms with Crippen LogP contribution in [0.3, 0.4) is 0 Å². The van der Waals surface area contributed by atoms with Gasteiger partial charge >= 0.3 is 6.18 Å². The number of alkyl halides is 3. The molecule has 0 N–H and O–H groups in total. The molecule has 5 heteroatoms. The van der Waals surface area contributed by atoms with E-state index in [1.807, 2.05) is 6.07 Å². The molecule has 0 saturated heterocycles. The number of benzene rings is 2. The minimum atomic E-state index is -4.44. The highest BCUT2D eigenvalue weighted by molar-refractivity contribution is 5.88. The Morgan fingerprint density at radius 2 is 1.78 bits per heavy atom. The second kappa shape index (κ2) is 7.10. The number of hydrogen-bond donors (Lipinski definition) is 0. The maximum atomic E-state index is 12.7. The molecule has 1 atom stereocenters. The summed E-state index contributed by atoms with van der Waals surface area (Å²) in [6, 6.07) is 15.5. The third-order valence-electron chi connectivity index (χ3n) is 3.52. The lowest BCUT2D eigenvalue weighted by Crippen LogP contribution is -2.15. The summed E-state index contributed by atoms with van der Waals surface area (Å²) in [4.78, 5) is 12.4. The Labute approximate surface area is 132 Å². The van der Waals surface area contributed by atoms with Gasteiger partial charge in [0, 0.05) is 12.8 Å². The molecule has 0 aliphatic heterocycles. The van der Waals surface area contributed by atoms with Crippen molar-refractivity contribution < 1.29 is 18.0 Å². The summed E-state index contributed by atoms with van der Waals surface area (Å²) in [5.74, 6) is -0.896. The lowest BCUT2D eigenvalue weighted by Gasteiger charge is -2.14. The predicted octanol–water partition coefficient (Wildman–Crippen LogP) is 4.51. The molecular weight excluding hydrogens is 303 g/mol. The number of ketones is 1. The van der Waals surface area contributed by atoms with Gasteiger partial charge in [-0.15, -0.1) is 0 Å². The van der Waals surface area contributed by atoms with Gasteiger partial charge in [-0.1, -0.05) is 48.5 Å². The van der Waals surface area contributed by atoms with Crippen LogP contribution >= 0.6 is 0 Å². The Morgan fingerprint density at radius 3 is 2.39 bits per heavy atom. The summed E-state index contributed by atoms with van der Waals surface area (Å²) in [5, 5.41) is 8.91. The normalized spacial score (nSPS) is 12.4. The molecule has 0 fully saturated rings. The van der Waals surface area contributed by atoms with Crippen molar-refractivity contribution in [2.24, 2.45) is 0 Å². The van der Waals surface area contributed by atoms with Gasteiger partial charge in [0.15, 0.2) is 0 Å². The van der Waals surface area contributed by atoms with Gasteiger partial charge in [-0.3, -0.25) is 4.79 Å². The third kappa shape index (κ3) is 4.43. The first-order valence-electron chi connectivity index (χ1n) is 7.02. The highest BCUT2D eigenvalue weighted by Gasteiger charge is 2.30. The summed E-state index contributed by atoms with van der Waals surface area (Å²) in [6.45, 7) is 0. The first-order valence-corrected chi connectivity index (χ1v) is 7.02. The van der Waals surface area contributed by atoms with Gasteiger partial charge in [-0.25, -0.2) is 0 Å². The van der Waals surface area contributed by atoms with Crippen LogP contribution in [-0.2, 0) is 17.4 Å². The zero-order valence-electron chi connectivity index (χ0n) is 12.2. The molecule has 118 valence electrons. The Hall–Kier alpha value is -2.61. The Bertz CT molecular complexity index is 717. The van der Waals surface area contributed by atoms with Crippen molar-refractivity contribution >= 4 is 5.78 Å². The van der Waals surface area contributed by atoms with E-state index >= 15 is 0 Å². The molecule has 2 rings (SSSR count). The maximum Gasteiger partial charge on any atom is 0.416 e. The van der Waals surface area contributed by atoms with E-state index in [-0.39, 0.29) is 18.6 Å². The van der Waals surface area contributed by atoms with Crippen LogP contribution in [-0.4, -0.2) is 5.78 Å². The molecular formula is C18H14F3NO. The average Bonchev–Trinajstić information content (AvgIpc) is 2.53. The number of Topliss-reactive ketones (excluding diaryl/α,β-unsaturated/α-hetero) is 1. The predicted molar refractivity (Wildman–Crippen MR) is 79.6 cm³/mol. The SMILES string of the molecule is N#CCC(C(=O)Cc1cccc(C(F)(F)F)c1)c1ccccc1. The largest absolute Gasteiger partial charge is 0.416 e. The molecule has 0 heterocycles. The standard InChI is InChI=1S/C18H14F3NO/c19-18(20,21)15-8-4-5-13(11-15)12-17(23)16(9-10-22)14-6-2-1-3-7-14/h1-8,11,16H,9,12H2.